The number of amides is 4. The fraction of sp³-hybridized carbons (Fsp3) is 0.333. The third-order valence-corrected chi connectivity index (χ3v) is 7.72. The van der Waals surface area contributed by atoms with Gasteiger partial charge in [-0.15, -0.1) is 0 Å². The molecular weight excluding hydrogens is 574 g/mol. The second-order valence-electron chi connectivity index (χ2n) is 10.2. The Kier molecular flexibility index (Phi) is 12.5. The Morgan fingerprint density at radius 2 is 1.58 bits per heavy atom. The van der Waals surface area contributed by atoms with Crippen molar-refractivity contribution in [2.75, 3.05) is 42.1 Å². The highest BCUT2D eigenvalue weighted by molar-refractivity contribution is 7.82. The van der Waals surface area contributed by atoms with Crippen LogP contribution < -0.4 is 16.0 Å². The Bertz CT molecular complexity index is 1410. The van der Waals surface area contributed by atoms with E-state index in [0.29, 0.717) is 28.4 Å². The Morgan fingerprint density at radius 1 is 0.907 bits per heavy atom. The molecule has 3 aromatic rings. The lowest BCUT2D eigenvalue weighted by atomic mass is 10.1. The molecule has 0 aliphatic heterocycles. The maximum absolute atomic E-state index is 13.3. The third-order valence-electron chi connectivity index (χ3n) is 6.30. The van der Waals surface area contributed by atoms with Crippen molar-refractivity contribution in [3.05, 3.63) is 72.7 Å². The molecule has 0 fully saturated rings. The van der Waals surface area contributed by atoms with Crippen molar-refractivity contribution >= 4 is 51.9 Å². The van der Waals surface area contributed by atoms with Crippen LogP contribution in [-0.4, -0.2) is 68.5 Å². The lowest BCUT2D eigenvalue weighted by Gasteiger charge is -2.26. The standard InChI is InChI=1S/C30H37N5O7S/c1-21(2)12-15-34(28(37)19-35(16-13-29(38)39)43(41)25-14-17-42-20-25)18-27(36)31-23-8-10-24(11-9-23)32-30(40)33-26-7-5-4-6-22(26)3/h4-11,14,17,20-21H,12-13,15-16,18-19H2,1-3H3,(H,31,36)(H,38,39)(H2,32,33,40). The van der Waals surface area contributed by atoms with Crippen LogP contribution in [0.3, 0.4) is 0 Å². The van der Waals surface area contributed by atoms with Gasteiger partial charge in [-0.25, -0.2) is 13.3 Å². The minimum atomic E-state index is -1.83. The summed E-state index contributed by atoms with van der Waals surface area (Å²) in [6.45, 7) is 5.43. The van der Waals surface area contributed by atoms with Crippen molar-refractivity contribution in [2.45, 2.75) is 38.5 Å². The number of benzene rings is 2. The SMILES string of the molecule is Cc1ccccc1NC(=O)Nc1ccc(NC(=O)CN(CCC(C)C)C(=O)CN(CCC(=O)O)S(=O)c2ccoc2)cc1. The topological polar surface area (TPSA) is 161 Å². The zero-order chi connectivity index (χ0) is 31.4. The van der Waals surface area contributed by atoms with Crippen LogP contribution >= 0.6 is 0 Å². The van der Waals surface area contributed by atoms with Crippen molar-refractivity contribution in [3.8, 4) is 0 Å². The summed E-state index contributed by atoms with van der Waals surface area (Å²) in [4.78, 5) is 51.5. The zero-order valence-electron chi connectivity index (χ0n) is 24.4. The summed E-state index contributed by atoms with van der Waals surface area (Å²) >= 11 is 0. The highest BCUT2D eigenvalue weighted by Crippen LogP contribution is 2.17. The Hall–Kier alpha value is -4.49. The molecule has 0 saturated carbocycles. The number of urea groups is 1. The molecule has 0 saturated heterocycles. The van der Waals surface area contributed by atoms with Gasteiger partial charge >= 0.3 is 12.0 Å². The van der Waals surface area contributed by atoms with Gasteiger partial charge < -0.3 is 30.4 Å². The van der Waals surface area contributed by atoms with Gasteiger partial charge in [-0.1, -0.05) is 32.0 Å². The fourth-order valence-electron chi connectivity index (χ4n) is 3.91. The zero-order valence-corrected chi connectivity index (χ0v) is 25.2. The lowest BCUT2D eigenvalue weighted by Crippen LogP contribution is -2.45. The van der Waals surface area contributed by atoms with Crippen LogP contribution in [0, 0.1) is 12.8 Å². The van der Waals surface area contributed by atoms with Gasteiger partial charge in [-0.3, -0.25) is 14.4 Å². The van der Waals surface area contributed by atoms with Crippen LogP contribution in [-0.2, 0) is 25.4 Å². The number of carbonyl (C=O) groups is 4. The minimum absolute atomic E-state index is 0.132. The van der Waals surface area contributed by atoms with E-state index >= 15 is 0 Å². The molecule has 13 heteroatoms. The summed E-state index contributed by atoms with van der Waals surface area (Å²) in [5, 5.41) is 17.4. The molecule has 1 heterocycles. The first-order valence-electron chi connectivity index (χ1n) is 13.7. The van der Waals surface area contributed by atoms with Gasteiger partial charge in [0.2, 0.25) is 11.8 Å². The molecule has 4 N–H and O–H groups in total. The number of hydrogen-bond donors (Lipinski definition) is 4. The number of para-hydroxylation sites is 1. The average molecular weight is 612 g/mol. The van der Waals surface area contributed by atoms with E-state index in [2.05, 4.69) is 16.0 Å². The maximum atomic E-state index is 13.3. The van der Waals surface area contributed by atoms with Gasteiger partial charge in [0, 0.05) is 30.2 Å². The number of carbonyl (C=O) groups excluding carboxylic acids is 3. The van der Waals surface area contributed by atoms with Crippen molar-refractivity contribution < 1.29 is 32.9 Å². The summed E-state index contributed by atoms with van der Waals surface area (Å²) in [6.07, 6.45) is 2.92. The van der Waals surface area contributed by atoms with E-state index < -0.39 is 34.8 Å². The largest absolute Gasteiger partial charge is 0.481 e. The summed E-state index contributed by atoms with van der Waals surface area (Å²) in [7, 11) is -1.83. The van der Waals surface area contributed by atoms with E-state index in [1.807, 2.05) is 39.0 Å². The monoisotopic (exact) mass is 611 g/mol. The number of carboxylic acids is 1. The van der Waals surface area contributed by atoms with Crippen LogP contribution in [0.4, 0.5) is 21.9 Å². The van der Waals surface area contributed by atoms with Gasteiger partial charge in [0.15, 0.2) is 0 Å². The van der Waals surface area contributed by atoms with Crippen molar-refractivity contribution in [1.29, 1.82) is 0 Å². The third kappa shape index (κ3) is 11.0. The summed E-state index contributed by atoms with van der Waals surface area (Å²) < 4.78 is 19.2. The molecule has 3 rings (SSSR count). The average Bonchev–Trinajstić information content (AvgIpc) is 3.50. The van der Waals surface area contributed by atoms with Crippen molar-refractivity contribution in [3.63, 3.8) is 0 Å². The highest BCUT2D eigenvalue weighted by Gasteiger charge is 2.25. The molecule has 0 aliphatic rings. The molecule has 2 aromatic carbocycles. The number of aryl methyl sites for hydroxylation is 1. The summed E-state index contributed by atoms with van der Waals surface area (Å²) in [5.41, 5.74) is 2.61. The van der Waals surface area contributed by atoms with E-state index in [9.17, 15) is 23.4 Å². The number of carboxylic acid groups (broad SMARTS) is 1. The number of rotatable bonds is 15. The summed E-state index contributed by atoms with van der Waals surface area (Å²) in [6, 6.07) is 15.0. The molecule has 0 aliphatic carbocycles. The Balaban J connectivity index is 1.61. The lowest BCUT2D eigenvalue weighted by molar-refractivity contribution is -0.138. The number of anilines is 3. The molecular formula is C30H37N5O7S. The van der Waals surface area contributed by atoms with Crippen LogP contribution in [0.5, 0.6) is 0 Å². The summed E-state index contributed by atoms with van der Waals surface area (Å²) in [5.74, 6) is -1.74. The van der Waals surface area contributed by atoms with Crippen LogP contribution in [0.25, 0.3) is 0 Å². The second-order valence-corrected chi connectivity index (χ2v) is 11.7. The molecule has 0 bridgehead atoms. The molecule has 1 aromatic heterocycles. The minimum Gasteiger partial charge on any atom is -0.481 e. The molecule has 0 radical (unpaired) electrons. The molecule has 1 atom stereocenters. The normalized spacial score (nSPS) is 11.7. The van der Waals surface area contributed by atoms with Crippen LogP contribution in [0.2, 0.25) is 0 Å². The first kappa shape index (κ1) is 33.0. The Labute approximate surface area is 253 Å². The van der Waals surface area contributed by atoms with E-state index in [0.717, 1.165) is 5.56 Å². The van der Waals surface area contributed by atoms with Gasteiger partial charge in [0.25, 0.3) is 0 Å². The predicted molar refractivity (Wildman–Crippen MR) is 164 cm³/mol. The molecule has 4 amide bonds. The smallest absolute Gasteiger partial charge is 0.323 e. The van der Waals surface area contributed by atoms with E-state index in [1.54, 1.807) is 30.3 Å². The number of hydrogen-bond acceptors (Lipinski definition) is 6. The number of furan rings is 1. The van der Waals surface area contributed by atoms with E-state index in [1.165, 1.54) is 27.8 Å². The predicted octanol–water partition coefficient (Wildman–Crippen LogP) is 4.54. The number of nitrogens with one attached hydrogen (secondary N) is 3. The van der Waals surface area contributed by atoms with Crippen molar-refractivity contribution in [1.82, 2.24) is 9.21 Å². The van der Waals surface area contributed by atoms with Gasteiger partial charge in [-0.2, -0.15) is 0 Å². The van der Waals surface area contributed by atoms with Gasteiger partial charge in [0.1, 0.15) is 17.2 Å². The molecule has 0 spiro atoms. The molecule has 230 valence electrons. The molecule has 43 heavy (non-hydrogen) atoms. The van der Waals surface area contributed by atoms with Gasteiger partial charge in [0.05, 0.1) is 30.7 Å². The van der Waals surface area contributed by atoms with Crippen LogP contribution in [0.15, 0.2) is 76.4 Å². The highest BCUT2D eigenvalue weighted by atomic mass is 32.2. The van der Waals surface area contributed by atoms with Crippen LogP contribution in [0.1, 0.15) is 32.3 Å². The fourth-order valence-corrected chi connectivity index (χ4v) is 5.00. The van der Waals surface area contributed by atoms with Crippen molar-refractivity contribution in [2.24, 2.45) is 5.92 Å². The quantitative estimate of drug-likeness (QED) is 0.196. The van der Waals surface area contributed by atoms with E-state index in [-0.39, 0.29) is 38.5 Å². The number of nitrogens with zero attached hydrogens (tertiary/aromatic N) is 2. The Morgan fingerprint density at radius 3 is 2.19 bits per heavy atom. The number of aliphatic carboxylic acids is 1. The van der Waals surface area contributed by atoms with E-state index in [4.69, 9.17) is 9.52 Å². The maximum Gasteiger partial charge on any atom is 0.323 e. The first-order chi connectivity index (χ1) is 20.5. The molecule has 12 nitrogen and oxygen atoms in total. The molecule has 1 unspecified atom stereocenters. The van der Waals surface area contributed by atoms with Gasteiger partial charge in [-0.05, 0) is 61.2 Å². The first-order valence-corrected chi connectivity index (χ1v) is 14.8. The second kappa shape index (κ2) is 16.2.